The first-order valence-electron chi connectivity index (χ1n) is 5.75. The van der Waals surface area contributed by atoms with E-state index in [9.17, 15) is 0 Å². The van der Waals surface area contributed by atoms with Crippen molar-refractivity contribution in [2.75, 3.05) is 7.11 Å². The van der Waals surface area contributed by atoms with Gasteiger partial charge in [0.25, 0.3) is 0 Å². The Kier molecular flexibility index (Phi) is 6.49. The van der Waals surface area contributed by atoms with Crippen molar-refractivity contribution >= 4 is 27.5 Å². The monoisotopic (exact) mass is 319 g/mol. The second-order valence-corrected chi connectivity index (χ2v) is 5.65. The van der Waals surface area contributed by atoms with Gasteiger partial charge in [-0.2, -0.15) is 0 Å². The molecule has 0 bridgehead atoms. The van der Waals surface area contributed by atoms with Gasteiger partial charge in [-0.3, -0.25) is 0 Å². The molecule has 0 saturated carbocycles. The second-order valence-electron chi connectivity index (χ2n) is 4.32. The van der Waals surface area contributed by atoms with Crippen molar-refractivity contribution in [3.63, 3.8) is 0 Å². The lowest BCUT2D eigenvalue weighted by Gasteiger charge is -2.15. The number of methoxy groups -OCH3 is 1. The summed E-state index contributed by atoms with van der Waals surface area (Å²) in [6.07, 6.45) is 3.00. The molecule has 0 heterocycles. The van der Waals surface area contributed by atoms with Crippen LogP contribution in [0.5, 0.6) is 0 Å². The minimum absolute atomic E-state index is 0.131. The van der Waals surface area contributed by atoms with Crippen LogP contribution in [0.2, 0.25) is 5.02 Å². The molecule has 17 heavy (non-hydrogen) atoms. The van der Waals surface area contributed by atoms with Gasteiger partial charge in [-0.05, 0) is 43.9 Å². The van der Waals surface area contributed by atoms with Crippen molar-refractivity contribution in [2.24, 2.45) is 5.73 Å². The zero-order valence-electron chi connectivity index (χ0n) is 10.2. The third-order valence-electron chi connectivity index (χ3n) is 2.84. The van der Waals surface area contributed by atoms with E-state index in [1.54, 1.807) is 7.11 Å². The largest absolute Gasteiger partial charge is 0.382 e. The van der Waals surface area contributed by atoms with Gasteiger partial charge < -0.3 is 10.5 Å². The summed E-state index contributed by atoms with van der Waals surface area (Å²) in [5.41, 5.74) is 7.19. The van der Waals surface area contributed by atoms with E-state index in [0.29, 0.717) is 0 Å². The summed E-state index contributed by atoms with van der Waals surface area (Å²) in [6, 6.07) is 6.05. The standard InChI is InChI=1S/C13H19BrClNO/c1-9(17-2)3-6-12(16)7-10-4-5-11(14)8-13(10)15/h4-5,8-9,12H,3,6-7,16H2,1-2H3. The molecule has 0 aromatic heterocycles. The Hall–Kier alpha value is -0.0900. The van der Waals surface area contributed by atoms with Gasteiger partial charge in [-0.25, -0.2) is 0 Å². The van der Waals surface area contributed by atoms with Crippen LogP contribution in [0.4, 0.5) is 0 Å². The van der Waals surface area contributed by atoms with Crippen LogP contribution < -0.4 is 5.73 Å². The summed E-state index contributed by atoms with van der Waals surface area (Å²) in [5, 5.41) is 0.773. The van der Waals surface area contributed by atoms with E-state index in [1.807, 2.05) is 18.2 Å². The highest BCUT2D eigenvalue weighted by Crippen LogP contribution is 2.22. The summed E-state index contributed by atoms with van der Waals surface area (Å²) in [4.78, 5) is 0. The fourth-order valence-electron chi connectivity index (χ4n) is 1.64. The average Bonchev–Trinajstić information content (AvgIpc) is 2.29. The van der Waals surface area contributed by atoms with E-state index < -0.39 is 0 Å². The third kappa shape index (κ3) is 5.38. The van der Waals surface area contributed by atoms with Crippen molar-refractivity contribution in [1.29, 1.82) is 0 Å². The molecule has 0 aliphatic carbocycles. The zero-order chi connectivity index (χ0) is 12.8. The molecular formula is C13H19BrClNO. The molecule has 2 nitrogen and oxygen atoms in total. The molecule has 2 N–H and O–H groups in total. The molecule has 0 aliphatic rings. The Morgan fingerprint density at radius 1 is 1.41 bits per heavy atom. The molecule has 4 heteroatoms. The van der Waals surface area contributed by atoms with Crippen LogP contribution in [0, 0.1) is 0 Å². The van der Waals surface area contributed by atoms with Crippen LogP contribution in [0.3, 0.4) is 0 Å². The SMILES string of the molecule is COC(C)CCC(N)Cc1ccc(Br)cc1Cl. The molecule has 0 spiro atoms. The Morgan fingerprint density at radius 3 is 2.71 bits per heavy atom. The number of rotatable bonds is 6. The van der Waals surface area contributed by atoms with Gasteiger partial charge in [0, 0.05) is 22.6 Å². The Morgan fingerprint density at radius 2 is 2.12 bits per heavy atom. The van der Waals surface area contributed by atoms with Crippen LogP contribution >= 0.6 is 27.5 Å². The molecule has 2 atom stereocenters. The van der Waals surface area contributed by atoms with Gasteiger partial charge in [0.1, 0.15) is 0 Å². The second kappa shape index (κ2) is 7.37. The van der Waals surface area contributed by atoms with E-state index >= 15 is 0 Å². The van der Waals surface area contributed by atoms with Crippen LogP contribution in [-0.4, -0.2) is 19.3 Å². The normalized spacial score (nSPS) is 14.6. The molecule has 1 rings (SSSR count). The highest BCUT2D eigenvalue weighted by molar-refractivity contribution is 9.10. The molecule has 0 saturated heterocycles. The van der Waals surface area contributed by atoms with Gasteiger partial charge in [0.05, 0.1) is 6.10 Å². The van der Waals surface area contributed by atoms with Crippen molar-refractivity contribution < 1.29 is 4.74 Å². The lowest BCUT2D eigenvalue weighted by molar-refractivity contribution is 0.107. The minimum Gasteiger partial charge on any atom is -0.382 e. The third-order valence-corrected chi connectivity index (χ3v) is 3.69. The molecule has 0 radical (unpaired) electrons. The Bertz CT molecular complexity index is 359. The van der Waals surface area contributed by atoms with Crippen molar-refractivity contribution in [2.45, 2.75) is 38.3 Å². The predicted octanol–water partition coefficient (Wildman–Crippen LogP) is 3.79. The van der Waals surface area contributed by atoms with Crippen LogP contribution in [0.1, 0.15) is 25.3 Å². The number of hydrogen-bond donors (Lipinski definition) is 1. The molecule has 1 aromatic rings. The highest BCUT2D eigenvalue weighted by Gasteiger charge is 2.09. The van der Waals surface area contributed by atoms with Crippen LogP contribution in [0.25, 0.3) is 0 Å². The summed E-state index contributed by atoms with van der Waals surface area (Å²) in [7, 11) is 1.72. The number of ether oxygens (including phenoxy) is 1. The number of hydrogen-bond acceptors (Lipinski definition) is 2. The maximum Gasteiger partial charge on any atom is 0.0543 e. The Labute approximate surface area is 117 Å². The summed E-state index contributed by atoms with van der Waals surface area (Å²) in [6.45, 7) is 2.05. The summed E-state index contributed by atoms with van der Waals surface area (Å²) < 4.78 is 6.20. The fraction of sp³-hybridized carbons (Fsp3) is 0.538. The molecule has 2 unspecified atom stereocenters. The van der Waals surface area contributed by atoms with E-state index in [1.165, 1.54) is 0 Å². The number of nitrogens with two attached hydrogens (primary N) is 1. The predicted molar refractivity (Wildman–Crippen MR) is 76.5 cm³/mol. The molecule has 0 aliphatic heterocycles. The van der Waals surface area contributed by atoms with Gasteiger partial charge in [-0.15, -0.1) is 0 Å². The zero-order valence-corrected chi connectivity index (χ0v) is 12.6. The average molecular weight is 321 g/mol. The van der Waals surface area contributed by atoms with Gasteiger partial charge in [0.2, 0.25) is 0 Å². The van der Waals surface area contributed by atoms with E-state index in [4.69, 9.17) is 22.1 Å². The highest BCUT2D eigenvalue weighted by atomic mass is 79.9. The lowest BCUT2D eigenvalue weighted by atomic mass is 10.0. The quantitative estimate of drug-likeness (QED) is 0.865. The summed E-state index contributed by atoms with van der Waals surface area (Å²) in [5.74, 6) is 0. The fourth-order valence-corrected chi connectivity index (χ4v) is 2.39. The number of halogens is 2. The van der Waals surface area contributed by atoms with Crippen LogP contribution in [-0.2, 0) is 11.2 Å². The minimum atomic E-state index is 0.131. The lowest BCUT2D eigenvalue weighted by Crippen LogP contribution is -2.24. The van der Waals surface area contributed by atoms with Crippen molar-refractivity contribution in [3.05, 3.63) is 33.3 Å². The smallest absolute Gasteiger partial charge is 0.0543 e. The topological polar surface area (TPSA) is 35.2 Å². The maximum absolute atomic E-state index is 6.15. The maximum atomic E-state index is 6.15. The van der Waals surface area contributed by atoms with Crippen molar-refractivity contribution in [3.8, 4) is 0 Å². The van der Waals surface area contributed by atoms with E-state index in [2.05, 4.69) is 22.9 Å². The molecule has 1 aromatic carbocycles. The molecular weight excluding hydrogens is 302 g/mol. The van der Waals surface area contributed by atoms with E-state index in [0.717, 1.165) is 34.3 Å². The first kappa shape index (κ1) is 15.0. The first-order valence-corrected chi connectivity index (χ1v) is 6.92. The van der Waals surface area contributed by atoms with Gasteiger partial charge in [-0.1, -0.05) is 33.6 Å². The Balaban J connectivity index is 2.47. The molecule has 0 fully saturated rings. The number of benzene rings is 1. The van der Waals surface area contributed by atoms with Gasteiger partial charge in [0.15, 0.2) is 0 Å². The first-order chi connectivity index (χ1) is 8.02. The van der Waals surface area contributed by atoms with Gasteiger partial charge >= 0.3 is 0 Å². The van der Waals surface area contributed by atoms with Crippen LogP contribution in [0.15, 0.2) is 22.7 Å². The molecule has 0 amide bonds. The summed E-state index contributed by atoms with van der Waals surface area (Å²) >= 11 is 9.54. The molecule has 96 valence electrons. The van der Waals surface area contributed by atoms with Crippen molar-refractivity contribution in [1.82, 2.24) is 0 Å². The van der Waals surface area contributed by atoms with E-state index in [-0.39, 0.29) is 12.1 Å².